The number of hydrogen-bond donors (Lipinski definition) is 0. The third-order valence-electron chi connectivity index (χ3n) is 3.09. The zero-order chi connectivity index (χ0) is 15.4. The van der Waals surface area contributed by atoms with E-state index in [0.29, 0.717) is 17.0 Å². The van der Waals surface area contributed by atoms with E-state index in [0.717, 1.165) is 5.56 Å². The molecule has 0 unspecified atom stereocenters. The summed E-state index contributed by atoms with van der Waals surface area (Å²) < 4.78 is 0. The SMILES string of the molecule is CSc1cccc(CN(C)C(=O)c2csc(C(C)=O)c2)c1. The molecular formula is C16H17NO2S2. The first-order valence-corrected chi connectivity index (χ1v) is 8.59. The maximum absolute atomic E-state index is 12.4. The Morgan fingerprint density at radius 1 is 1.29 bits per heavy atom. The van der Waals surface area contributed by atoms with Gasteiger partial charge in [0.2, 0.25) is 0 Å². The number of thioether (sulfide) groups is 1. The molecule has 2 rings (SSSR count). The molecule has 5 heteroatoms. The molecule has 0 spiro atoms. The van der Waals surface area contributed by atoms with Crippen molar-refractivity contribution >= 4 is 34.8 Å². The second kappa shape index (κ2) is 6.91. The van der Waals surface area contributed by atoms with Crippen LogP contribution < -0.4 is 0 Å². The molecule has 110 valence electrons. The van der Waals surface area contributed by atoms with Gasteiger partial charge in [-0.15, -0.1) is 23.1 Å². The van der Waals surface area contributed by atoms with Crippen LogP contribution in [0.2, 0.25) is 0 Å². The molecule has 0 aliphatic heterocycles. The van der Waals surface area contributed by atoms with Gasteiger partial charge in [-0.2, -0.15) is 0 Å². The first kappa shape index (κ1) is 15.8. The molecule has 3 nitrogen and oxygen atoms in total. The number of benzene rings is 1. The quantitative estimate of drug-likeness (QED) is 0.619. The monoisotopic (exact) mass is 319 g/mol. The minimum Gasteiger partial charge on any atom is -0.337 e. The Labute approximate surface area is 133 Å². The lowest BCUT2D eigenvalue weighted by Gasteiger charge is -2.17. The molecule has 1 aromatic heterocycles. The predicted molar refractivity (Wildman–Crippen MR) is 88.3 cm³/mol. The van der Waals surface area contributed by atoms with Gasteiger partial charge in [-0.3, -0.25) is 9.59 Å². The zero-order valence-corrected chi connectivity index (χ0v) is 13.9. The van der Waals surface area contributed by atoms with E-state index in [2.05, 4.69) is 6.07 Å². The highest BCUT2D eigenvalue weighted by Crippen LogP contribution is 2.19. The molecule has 2 aromatic rings. The lowest BCUT2D eigenvalue weighted by Crippen LogP contribution is -2.25. The highest BCUT2D eigenvalue weighted by Gasteiger charge is 2.15. The van der Waals surface area contributed by atoms with Crippen LogP contribution in [0.1, 0.15) is 32.5 Å². The van der Waals surface area contributed by atoms with Gasteiger partial charge in [-0.25, -0.2) is 0 Å². The van der Waals surface area contributed by atoms with Crippen molar-refractivity contribution < 1.29 is 9.59 Å². The van der Waals surface area contributed by atoms with Crippen molar-refractivity contribution in [2.45, 2.75) is 18.4 Å². The lowest BCUT2D eigenvalue weighted by atomic mass is 10.2. The molecule has 0 atom stereocenters. The maximum Gasteiger partial charge on any atom is 0.254 e. The van der Waals surface area contributed by atoms with Crippen LogP contribution in [0.3, 0.4) is 0 Å². The third-order valence-corrected chi connectivity index (χ3v) is 4.85. The number of ketones is 1. The molecular weight excluding hydrogens is 302 g/mol. The number of carbonyl (C=O) groups excluding carboxylic acids is 2. The predicted octanol–water partition coefficient (Wildman–Crippen LogP) is 3.94. The van der Waals surface area contributed by atoms with E-state index in [9.17, 15) is 9.59 Å². The Bertz CT molecular complexity index is 664. The number of thiophene rings is 1. The van der Waals surface area contributed by atoms with Crippen molar-refractivity contribution in [2.24, 2.45) is 0 Å². The van der Waals surface area contributed by atoms with Crippen LogP contribution in [0.5, 0.6) is 0 Å². The van der Waals surface area contributed by atoms with E-state index >= 15 is 0 Å². The molecule has 21 heavy (non-hydrogen) atoms. The van der Waals surface area contributed by atoms with Crippen LogP contribution in [0.4, 0.5) is 0 Å². The van der Waals surface area contributed by atoms with Crippen LogP contribution in [0.25, 0.3) is 0 Å². The molecule has 0 aliphatic rings. The molecule has 0 saturated carbocycles. The van der Waals surface area contributed by atoms with Crippen molar-refractivity contribution in [3.05, 3.63) is 51.7 Å². The van der Waals surface area contributed by atoms with Gasteiger partial charge in [0.15, 0.2) is 5.78 Å². The van der Waals surface area contributed by atoms with Crippen molar-refractivity contribution in [1.82, 2.24) is 4.90 Å². The molecule has 0 bridgehead atoms. The Morgan fingerprint density at radius 3 is 2.67 bits per heavy atom. The van der Waals surface area contributed by atoms with Crippen molar-refractivity contribution in [2.75, 3.05) is 13.3 Å². The Morgan fingerprint density at radius 2 is 2.05 bits per heavy atom. The molecule has 1 aromatic carbocycles. The molecule has 0 fully saturated rings. The van der Waals surface area contributed by atoms with E-state index in [-0.39, 0.29) is 11.7 Å². The summed E-state index contributed by atoms with van der Waals surface area (Å²) in [5.41, 5.74) is 1.67. The summed E-state index contributed by atoms with van der Waals surface area (Å²) in [5.74, 6) is -0.0670. The third kappa shape index (κ3) is 3.95. The van der Waals surface area contributed by atoms with Gasteiger partial charge < -0.3 is 4.90 Å². The van der Waals surface area contributed by atoms with Gasteiger partial charge in [0, 0.05) is 23.9 Å². The van der Waals surface area contributed by atoms with Gasteiger partial charge in [-0.05, 0) is 36.9 Å². The van der Waals surface area contributed by atoms with Gasteiger partial charge in [-0.1, -0.05) is 12.1 Å². The molecule has 1 amide bonds. The maximum atomic E-state index is 12.4. The summed E-state index contributed by atoms with van der Waals surface area (Å²) in [6, 6.07) is 9.82. The fourth-order valence-electron chi connectivity index (χ4n) is 1.97. The van der Waals surface area contributed by atoms with Crippen LogP contribution in [0.15, 0.2) is 40.6 Å². The largest absolute Gasteiger partial charge is 0.337 e. The highest BCUT2D eigenvalue weighted by molar-refractivity contribution is 7.98. The average molecular weight is 319 g/mol. The number of carbonyl (C=O) groups is 2. The number of rotatable bonds is 5. The normalized spacial score (nSPS) is 10.4. The Hall–Kier alpha value is -1.59. The van der Waals surface area contributed by atoms with Crippen molar-refractivity contribution in [3.8, 4) is 0 Å². The molecule has 0 radical (unpaired) electrons. The Kier molecular flexibility index (Phi) is 5.20. The highest BCUT2D eigenvalue weighted by atomic mass is 32.2. The van der Waals surface area contributed by atoms with Crippen LogP contribution >= 0.6 is 23.1 Å². The van der Waals surface area contributed by atoms with Gasteiger partial charge in [0.1, 0.15) is 0 Å². The fourth-order valence-corrected chi connectivity index (χ4v) is 3.24. The standard InChI is InChI=1S/C16H17NO2S2/c1-11(18)15-8-13(10-21-15)16(19)17(2)9-12-5-4-6-14(7-12)20-3/h4-8,10H,9H2,1-3H3. The van der Waals surface area contributed by atoms with Crippen LogP contribution in [0, 0.1) is 0 Å². The second-order valence-corrected chi connectivity index (χ2v) is 6.56. The number of Topliss-reactive ketones (excluding diaryl/α,β-unsaturated/α-hetero) is 1. The minimum absolute atomic E-state index is 0.00521. The minimum atomic E-state index is -0.0618. The summed E-state index contributed by atoms with van der Waals surface area (Å²) in [6.45, 7) is 2.07. The number of hydrogen-bond acceptors (Lipinski definition) is 4. The fraction of sp³-hybridized carbons (Fsp3) is 0.250. The van der Waals surface area contributed by atoms with Gasteiger partial charge in [0.05, 0.1) is 10.4 Å². The van der Waals surface area contributed by atoms with E-state index < -0.39 is 0 Å². The summed E-state index contributed by atoms with van der Waals surface area (Å²) >= 11 is 3.00. The summed E-state index contributed by atoms with van der Waals surface area (Å²) in [4.78, 5) is 27.1. The van der Waals surface area contributed by atoms with E-state index in [4.69, 9.17) is 0 Å². The van der Waals surface area contributed by atoms with Gasteiger partial charge >= 0.3 is 0 Å². The topological polar surface area (TPSA) is 37.4 Å². The zero-order valence-electron chi connectivity index (χ0n) is 12.3. The Balaban J connectivity index is 2.09. The van der Waals surface area contributed by atoms with Gasteiger partial charge in [0.25, 0.3) is 5.91 Å². The average Bonchev–Trinajstić information content (AvgIpc) is 2.96. The molecule has 0 aliphatic carbocycles. The molecule has 0 saturated heterocycles. The van der Waals surface area contributed by atoms with E-state index in [1.165, 1.54) is 23.2 Å². The first-order valence-electron chi connectivity index (χ1n) is 6.49. The smallest absolute Gasteiger partial charge is 0.254 e. The van der Waals surface area contributed by atoms with E-state index in [1.54, 1.807) is 35.2 Å². The van der Waals surface area contributed by atoms with Crippen molar-refractivity contribution in [1.29, 1.82) is 0 Å². The second-order valence-electron chi connectivity index (χ2n) is 4.77. The van der Waals surface area contributed by atoms with Crippen LogP contribution in [-0.2, 0) is 6.54 Å². The van der Waals surface area contributed by atoms with Crippen LogP contribution in [-0.4, -0.2) is 29.9 Å². The summed E-state index contributed by atoms with van der Waals surface area (Å²) in [5, 5.41) is 1.74. The lowest BCUT2D eigenvalue weighted by molar-refractivity contribution is 0.0785. The molecule has 0 N–H and O–H groups in total. The summed E-state index contributed by atoms with van der Waals surface area (Å²) in [7, 11) is 1.78. The summed E-state index contributed by atoms with van der Waals surface area (Å²) in [6.07, 6.45) is 2.03. The van der Waals surface area contributed by atoms with E-state index in [1.807, 2.05) is 24.5 Å². The number of nitrogens with zero attached hydrogens (tertiary/aromatic N) is 1. The number of amides is 1. The van der Waals surface area contributed by atoms with Crippen molar-refractivity contribution in [3.63, 3.8) is 0 Å². The first-order chi connectivity index (χ1) is 10.0. The molecule has 1 heterocycles.